The normalized spacial score (nSPS) is 12.2. The van der Waals surface area contributed by atoms with Crippen molar-refractivity contribution in [3.8, 4) is 5.75 Å². The Morgan fingerprint density at radius 3 is 2.45 bits per heavy atom. The van der Waals surface area contributed by atoms with Gasteiger partial charge in [0.25, 0.3) is 0 Å². The molecule has 0 saturated carbocycles. The first-order chi connectivity index (χ1) is 9.72. The van der Waals surface area contributed by atoms with E-state index in [1.165, 1.54) is 15.4 Å². The Morgan fingerprint density at radius 2 is 1.80 bits per heavy atom. The van der Waals surface area contributed by atoms with Crippen molar-refractivity contribution in [2.45, 2.75) is 35.6 Å². The third-order valence-corrected chi connectivity index (χ3v) is 4.39. The van der Waals surface area contributed by atoms with E-state index < -0.39 is 0 Å². The van der Waals surface area contributed by atoms with Gasteiger partial charge >= 0.3 is 0 Å². The minimum Gasteiger partial charge on any atom is -0.497 e. The quantitative estimate of drug-likeness (QED) is 0.867. The van der Waals surface area contributed by atoms with Gasteiger partial charge in [0.2, 0.25) is 0 Å². The van der Waals surface area contributed by atoms with Crippen LogP contribution in [0.1, 0.15) is 18.9 Å². The predicted octanol–water partition coefficient (Wildman–Crippen LogP) is 4.13. The zero-order valence-corrected chi connectivity index (χ0v) is 12.8. The van der Waals surface area contributed by atoms with Gasteiger partial charge in [-0.25, -0.2) is 0 Å². The highest BCUT2D eigenvalue weighted by Crippen LogP contribution is 2.32. The van der Waals surface area contributed by atoms with Crippen molar-refractivity contribution < 1.29 is 4.74 Å². The molecule has 1 unspecified atom stereocenters. The highest BCUT2D eigenvalue weighted by Gasteiger charge is 2.07. The summed E-state index contributed by atoms with van der Waals surface area (Å²) in [6.07, 6.45) is 1.93. The molecule has 0 aromatic heterocycles. The van der Waals surface area contributed by atoms with E-state index in [-0.39, 0.29) is 6.04 Å². The fourth-order valence-corrected chi connectivity index (χ4v) is 2.92. The van der Waals surface area contributed by atoms with Crippen LogP contribution in [0.15, 0.2) is 58.3 Å². The van der Waals surface area contributed by atoms with Gasteiger partial charge in [0.15, 0.2) is 0 Å². The lowest BCUT2D eigenvalue weighted by Gasteiger charge is -2.13. The van der Waals surface area contributed by atoms with Gasteiger partial charge in [-0.05, 0) is 48.7 Å². The van der Waals surface area contributed by atoms with Crippen molar-refractivity contribution in [3.05, 3.63) is 54.1 Å². The van der Waals surface area contributed by atoms with E-state index in [0.29, 0.717) is 0 Å². The Hall–Kier alpha value is -1.45. The highest BCUT2D eigenvalue weighted by molar-refractivity contribution is 7.99. The molecule has 1 atom stereocenters. The standard InChI is InChI=1S/C17H21NOS/c1-3-14(18)12-13-6-4-5-7-17(13)20-16-10-8-15(19-2)9-11-16/h4-11,14H,3,12,18H2,1-2H3. The second-order valence-corrected chi connectivity index (χ2v) is 5.87. The molecule has 0 aliphatic carbocycles. The Kier molecular flexibility index (Phi) is 5.50. The number of hydrogen-bond acceptors (Lipinski definition) is 3. The van der Waals surface area contributed by atoms with Crippen molar-refractivity contribution in [2.75, 3.05) is 7.11 Å². The molecule has 2 rings (SSSR count). The summed E-state index contributed by atoms with van der Waals surface area (Å²) in [6.45, 7) is 2.13. The van der Waals surface area contributed by atoms with Gasteiger partial charge in [0.1, 0.15) is 5.75 Å². The van der Waals surface area contributed by atoms with Gasteiger partial charge in [0.05, 0.1) is 7.11 Å². The van der Waals surface area contributed by atoms with E-state index in [4.69, 9.17) is 10.5 Å². The van der Waals surface area contributed by atoms with Crippen LogP contribution in [-0.4, -0.2) is 13.2 Å². The molecule has 0 amide bonds. The summed E-state index contributed by atoms with van der Waals surface area (Å²) in [5.74, 6) is 0.885. The summed E-state index contributed by atoms with van der Waals surface area (Å²) in [5, 5.41) is 0. The molecular formula is C17H21NOS. The average Bonchev–Trinajstić information content (AvgIpc) is 2.50. The molecule has 0 heterocycles. The number of nitrogens with two attached hydrogens (primary N) is 1. The molecule has 2 aromatic carbocycles. The van der Waals surface area contributed by atoms with Crippen molar-refractivity contribution in [2.24, 2.45) is 5.73 Å². The number of rotatable bonds is 6. The summed E-state index contributed by atoms with van der Waals surface area (Å²) in [7, 11) is 1.68. The molecule has 0 aliphatic rings. The Balaban J connectivity index is 2.15. The van der Waals surface area contributed by atoms with Crippen molar-refractivity contribution in [1.29, 1.82) is 0 Å². The fourth-order valence-electron chi connectivity index (χ4n) is 1.97. The minimum absolute atomic E-state index is 0.229. The number of methoxy groups -OCH3 is 1. The van der Waals surface area contributed by atoms with Crippen LogP contribution in [0.4, 0.5) is 0 Å². The zero-order valence-electron chi connectivity index (χ0n) is 12.0. The molecule has 0 spiro atoms. The molecule has 2 aromatic rings. The maximum Gasteiger partial charge on any atom is 0.118 e. The third kappa shape index (κ3) is 4.02. The topological polar surface area (TPSA) is 35.2 Å². The monoisotopic (exact) mass is 287 g/mol. The van der Waals surface area contributed by atoms with Crippen LogP contribution in [0.2, 0.25) is 0 Å². The minimum atomic E-state index is 0.229. The van der Waals surface area contributed by atoms with E-state index in [1.54, 1.807) is 18.9 Å². The molecule has 0 bridgehead atoms. The van der Waals surface area contributed by atoms with Crippen LogP contribution in [-0.2, 0) is 6.42 Å². The molecule has 20 heavy (non-hydrogen) atoms. The first-order valence-electron chi connectivity index (χ1n) is 6.88. The third-order valence-electron chi connectivity index (χ3n) is 3.27. The summed E-state index contributed by atoms with van der Waals surface area (Å²) in [5.41, 5.74) is 7.40. The van der Waals surface area contributed by atoms with E-state index in [0.717, 1.165) is 18.6 Å². The molecular weight excluding hydrogens is 266 g/mol. The molecule has 0 aliphatic heterocycles. The fraction of sp³-hybridized carbons (Fsp3) is 0.294. The van der Waals surface area contributed by atoms with Crippen molar-refractivity contribution >= 4 is 11.8 Å². The first-order valence-corrected chi connectivity index (χ1v) is 7.70. The lowest BCUT2D eigenvalue weighted by Crippen LogP contribution is -2.21. The van der Waals surface area contributed by atoms with E-state index >= 15 is 0 Å². The zero-order chi connectivity index (χ0) is 14.4. The first kappa shape index (κ1) is 14.9. The molecule has 2 N–H and O–H groups in total. The van der Waals surface area contributed by atoms with Gasteiger partial charge in [0, 0.05) is 15.8 Å². The van der Waals surface area contributed by atoms with Crippen LogP contribution in [0.25, 0.3) is 0 Å². The highest BCUT2D eigenvalue weighted by atomic mass is 32.2. The summed E-state index contributed by atoms with van der Waals surface area (Å²) in [4.78, 5) is 2.49. The van der Waals surface area contributed by atoms with Gasteiger partial charge in [-0.15, -0.1) is 0 Å². The van der Waals surface area contributed by atoms with Crippen LogP contribution < -0.4 is 10.5 Å². The van der Waals surface area contributed by atoms with Gasteiger partial charge in [-0.2, -0.15) is 0 Å². The largest absolute Gasteiger partial charge is 0.497 e. The second-order valence-electron chi connectivity index (χ2n) is 4.76. The summed E-state index contributed by atoms with van der Waals surface area (Å²) < 4.78 is 5.18. The van der Waals surface area contributed by atoms with E-state index in [1.807, 2.05) is 12.1 Å². The number of ether oxygens (including phenoxy) is 1. The van der Waals surface area contributed by atoms with Crippen molar-refractivity contribution in [1.82, 2.24) is 0 Å². The van der Waals surface area contributed by atoms with E-state index in [9.17, 15) is 0 Å². The lowest BCUT2D eigenvalue weighted by molar-refractivity contribution is 0.414. The van der Waals surface area contributed by atoms with E-state index in [2.05, 4.69) is 43.3 Å². The second kappa shape index (κ2) is 7.36. The Labute approximate surface area is 125 Å². The maximum atomic E-state index is 6.08. The smallest absolute Gasteiger partial charge is 0.118 e. The van der Waals surface area contributed by atoms with Crippen LogP contribution in [0.3, 0.4) is 0 Å². The lowest BCUT2D eigenvalue weighted by atomic mass is 10.1. The SMILES string of the molecule is CCC(N)Cc1ccccc1Sc1ccc(OC)cc1. The number of hydrogen-bond donors (Lipinski definition) is 1. The Bertz CT molecular complexity index is 539. The van der Waals surface area contributed by atoms with Crippen LogP contribution >= 0.6 is 11.8 Å². The number of benzene rings is 2. The maximum absolute atomic E-state index is 6.08. The predicted molar refractivity (Wildman–Crippen MR) is 85.5 cm³/mol. The molecule has 2 nitrogen and oxygen atoms in total. The van der Waals surface area contributed by atoms with Gasteiger partial charge in [-0.1, -0.05) is 36.9 Å². The van der Waals surface area contributed by atoms with Crippen LogP contribution in [0, 0.1) is 0 Å². The van der Waals surface area contributed by atoms with Crippen molar-refractivity contribution in [3.63, 3.8) is 0 Å². The molecule has 0 saturated heterocycles. The molecule has 0 fully saturated rings. The molecule has 3 heteroatoms. The van der Waals surface area contributed by atoms with Crippen LogP contribution in [0.5, 0.6) is 5.75 Å². The molecule has 0 radical (unpaired) electrons. The molecule has 106 valence electrons. The van der Waals surface area contributed by atoms with Gasteiger partial charge < -0.3 is 10.5 Å². The Morgan fingerprint density at radius 1 is 1.10 bits per heavy atom. The summed E-state index contributed by atoms with van der Waals surface area (Å²) >= 11 is 1.77. The average molecular weight is 287 g/mol. The van der Waals surface area contributed by atoms with Gasteiger partial charge in [-0.3, -0.25) is 0 Å². The summed E-state index contributed by atoms with van der Waals surface area (Å²) in [6, 6.07) is 16.9.